The van der Waals surface area contributed by atoms with Crippen molar-refractivity contribution >= 4 is 17.7 Å². The second-order valence-electron chi connectivity index (χ2n) is 5.99. The molecule has 108 valence electrons. The molecule has 2 nitrogen and oxygen atoms in total. The Labute approximate surface area is 125 Å². The maximum absolute atomic E-state index is 12.3. The van der Waals surface area contributed by atoms with E-state index >= 15 is 0 Å². The summed E-state index contributed by atoms with van der Waals surface area (Å²) in [5.74, 6) is 2.02. The summed E-state index contributed by atoms with van der Waals surface area (Å²) in [7, 11) is 0. The van der Waals surface area contributed by atoms with Crippen LogP contribution >= 0.6 is 11.8 Å². The van der Waals surface area contributed by atoms with Crippen molar-refractivity contribution in [2.45, 2.75) is 49.3 Å². The molecule has 1 heterocycles. The van der Waals surface area contributed by atoms with Gasteiger partial charge in [0, 0.05) is 17.2 Å². The number of hydrogen-bond donors (Lipinski definition) is 1. The third-order valence-electron chi connectivity index (χ3n) is 4.59. The van der Waals surface area contributed by atoms with Crippen molar-refractivity contribution in [3.8, 4) is 0 Å². The van der Waals surface area contributed by atoms with Crippen molar-refractivity contribution in [2.24, 2.45) is 5.92 Å². The van der Waals surface area contributed by atoms with Crippen LogP contribution in [0.1, 0.15) is 50.0 Å². The Balaban J connectivity index is 1.48. The number of thioether (sulfide) groups is 1. The molecule has 0 aromatic heterocycles. The lowest BCUT2D eigenvalue weighted by atomic mass is 9.87. The van der Waals surface area contributed by atoms with Crippen LogP contribution in [-0.4, -0.2) is 18.2 Å². The molecule has 0 radical (unpaired) electrons. The first-order valence-corrected chi connectivity index (χ1v) is 8.82. The molecule has 2 aliphatic rings. The largest absolute Gasteiger partial charge is 0.356 e. The Morgan fingerprint density at radius 1 is 1.20 bits per heavy atom. The van der Waals surface area contributed by atoms with E-state index in [1.807, 2.05) is 6.07 Å². The van der Waals surface area contributed by atoms with Gasteiger partial charge in [0.25, 0.3) is 0 Å². The molecular weight excluding hydrogens is 266 g/mol. The highest BCUT2D eigenvalue weighted by atomic mass is 32.2. The minimum absolute atomic E-state index is 0.0579. The van der Waals surface area contributed by atoms with E-state index in [1.165, 1.54) is 42.6 Å². The van der Waals surface area contributed by atoms with E-state index in [4.69, 9.17) is 0 Å². The summed E-state index contributed by atoms with van der Waals surface area (Å²) in [4.78, 5) is 13.6. The molecule has 1 atom stereocenters. The van der Waals surface area contributed by atoms with E-state index in [2.05, 4.69) is 23.5 Å². The van der Waals surface area contributed by atoms with Gasteiger partial charge in [-0.2, -0.15) is 0 Å². The van der Waals surface area contributed by atoms with Gasteiger partial charge in [0.1, 0.15) is 0 Å². The number of nitrogens with one attached hydrogen (secondary N) is 1. The Kier molecular flexibility index (Phi) is 4.66. The maximum atomic E-state index is 12.3. The quantitative estimate of drug-likeness (QED) is 0.909. The normalized spacial score (nSPS) is 22.5. The van der Waals surface area contributed by atoms with Crippen LogP contribution in [0.15, 0.2) is 29.2 Å². The van der Waals surface area contributed by atoms with Gasteiger partial charge < -0.3 is 5.32 Å². The SMILES string of the molecule is O=C(NCCC1CCCCC1)C1CSc2ccccc21. The fourth-order valence-corrected chi connectivity index (χ4v) is 4.61. The molecule has 1 fully saturated rings. The highest BCUT2D eigenvalue weighted by Gasteiger charge is 2.28. The van der Waals surface area contributed by atoms with Crippen LogP contribution in [-0.2, 0) is 4.79 Å². The first-order chi connectivity index (χ1) is 9.84. The maximum Gasteiger partial charge on any atom is 0.228 e. The van der Waals surface area contributed by atoms with Crippen LogP contribution in [0.5, 0.6) is 0 Å². The van der Waals surface area contributed by atoms with Crippen LogP contribution < -0.4 is 5.32 Å². The van der Waals surface area contributed by atoms with Crippen molar-refractivity contribution in [2.75, 3.05) is 12.3 Å². The van der Waals surface area contributed by atoms with Gasteiger partial charge in [-0.15, -0.1) is 11.8 Å². The van der Waals surface area contributed by atoms with Crippen molar-refractivity contribution in [1.82, 2.24) is 5.32 Å². The zero-order chi connectivity index (χ0) is 13.8. The molecule has 1 saturated carbocycles. The summed E-state index contributed by atoms with van der Waals surface area (Å²) in [5, 5.41) is 3.16. The number of hydrogen-bond acceptors (Lipinski definition) is 2. The fraction of sp³-hybridized carbons (Fsp3) is 0.588. The smallest absolute Gasteiger partial charge is 0.228 e. The van der Waals surface area contributed by atoms with E-state index < -0.39 is 0 Å². The Morgan fingerprint density at radius 3 is 2.85 bits per heavy atom. The number of carbonyl (C=O) groups excluding carboxylic acids is 1. The number of fused-ring (bicyclic) bond motifs is 1. The first kappa shape index (κ1) is 14.0. The monoisotopic (exact) mass is 289 g/mol. The van der Waals surface area contributed by atoms with Gasteiger partial charge in [0.15, 0.2) is 0 Å². The average Bonchev–Trinajstić information content (AvgIpc) is 2.92. The van der Waals surface area contributed by atoms with Gasteiger partial charge in [-0.1, -0.05) is 50.3 Å². The molecule has 0 saturated heterocycles. The number of carbonyl (C=O) groups is 1. The predicted octanol–water partition coefficient (Wildman–Crippen LogP) is 3.96. The van der Waals surface area contributed by atoms with E-state index in [1.54, 1.807) is 11.8 Å². The minimum Gasteiger partial charge on any atom is -0.356 e. The molecule has 0 bridgehead atoms. The van der Waals surface area contributed by atoms with Crippen molar-refractivity contribution in [1.29, 1.82) is 0 Å². The van der Waals surface area contributed by atoms with E-state index in [-0.39, 0.29) is 11.8 Å². The van der Waals surface area contributed by atoms with E-state index in [0.717, 1.165) is 24.6 Å². The van der Waals surface area contributed by atoms with Gasteiger partial charge in [-0.3, -0.25) is 4.79 Å². The van der Waals surface area contributed by atoms with Gasteiger partial charge in [0.2, 0.25) is 5.91 Å². The second-order valence-corrected chi connectivity index (χ2v) is 7.05. The molecule has 3 rings (SSSR count). The Hall–Kier alpha value is -0.960. The zero-order valence-corrected chi connectivity index (χ0v) is 12.8. The summed E-state index contributed by atoms with van der Waals surface area (Å²) in [6, 6.07) is 8.30. The molecule has 1 aliphatic carbocycles. The third-order valence-corrected chi connectivity index (χ3v) is 5.78. The standard InChI is InChI=1S/C17H23NOS/c19-17(18-11-10-13-6-2-1-3-7-13)15-12-20-16-9-5-4-8-14(15)16/h4-5,8-9,13,15H,1-3,6-7,10-12H2,(H,18,19). The van der Waals surface area contributed by atoms with Crippen molar-refractivity contribution < 1.29 is 4.79 Å². The number of amides is 1. The van der Waals surface area contributed by atoms with E-state index in [9.17, 15) is 4.79 Å². The number of benzene rings is 1. The van der Waals surface area contributed by atoms with Crippen molar-refractivity contribution in [3.05, 3.63) is 29.8 Å². The van der Waals surface area contributed by atoms with Crippen molar-refractivity contribution in [3.63, 3.8) is 0 Å². The highest BCUT2D eigenvalue weighted by molar-refractivity contribution is 7.99. The molecule has 3 heteroatoms. The molecule has 0 spiro atoms. The van der Waals surface area contributed by atoms with Gasteiger partial charge >= 0.3 is 0 Å². The first-order valence-electron chi connectivity index (χ1n) is 7.84. The van der Waals surface area contributed by atoms with Crippen LogP contribution in [0.2, 0.25) is 0 Å². The molecule has 20 heavy (non-hydrogen) atoms. The average molecular weight is 289 g/mol. The molecule has 1 amide bonds. The summed E-state index contributed by atoms with van der Waals surface area (Å²) >= 11 is 1.80. The summed E-state index contributed by atoms with van der Waals surface area (Å²) < 4.78 is 0. The summed E-state index contributed by atoms with van der Waals surface area (Å²) in [6.07, 6.45) is 8.04. The van der Waals surface area contributed by atoms with Gasteiger partial charge in [-0.25, -0.2) is 0 Å². The Bertz CT molecular complexity index is 468. The third kappa shape index (κ3) is 3.20. The number of rotatable bonds is 4. The fourth-order valence-electron chi connectivity index (χ4n) is 3.38. The molecule has 1 aromatic rings. The van der Waals surface area contributed by atoms with Crippen LogP contribution in [0.25, 0.3) is 0 Å². The van der Waals surface area contributed by atoms with Crippen LogP contribution in [0.4, 0.5) is 0 Å². The highest BCUT2D eigenvalue weighted by Crippen LogP contribution is 2.39. The van der Waals surface area contributed by atoms with Gasteiger partial charge in [0.05, 0.1) is 5.92 Å². The van der Waals surface area contributed by atoms with E-state index in [0.29, 0.717) is 0 Å². The van der Waals surface area contributed by atoms with Crippen LogP contribution in [0.3, 0.4) is 0 Å². The second kappa shape index (κ2) is 6.66. The topological polar surface area (TPSA) is 29.1 Å². The summed E-state index contributed by atoms with van der Waals surface area (Å²) in [5.41, 5.74) is 1.22. The molecular formula is C17H23NOS. The van der Waals surface area contributed by atoms with Crippen LogP contribution in [0, 0.1) is 5.92 Å². The molecule has 1 N–H and O–H groups in total. The zero-order valence-electron chi connectivity index (χ0n) is 11.9. The predicted molar refractivity (Wildman–Crippen MR) is 84.1 cm³/mol. The minimum atomic E-state index is 0.0579. The van der Waals surface area contributed by atoms with Gasteiger partial charge in [-0.05, 0) is 24.0 Å². The lowest BCUT2D eigenvalue weighted by Gasteiger charge is -2.21. The molecule has 1 aliphatic heterocycles. The lowest BCUT2D eigenvalue weighted by molar-refractivity contribution is -0.122. The Morgan fingerprint density at radius 2 is 2.00 bits per heavy atom. The molecule has 1 unspecified atom stereocenters. The summed E-state index contributed by atoms with van der Waals surface area (Å²) in [6.45, 7) is 0.854. The molecule has 1 aromatic carbocycles. The lowest BCUT2D eigenvalue weighted by Crippen LogP contribution is -2.31.